The molecular weight excluding hydrogens is 1110 g/mol. The first kappa shape index (κ1) is 50.4. The van der Waals surface area contributed by atoms with Crippen LogP contribution in [0.15, 0.2) is 306 Å². The van der Waals surface area contributed by atoms with E-state index in [4.69, 9.17) is 8.83 Å². The monoisotopic (exact) mass is 1170 g/mol. The lowest BCUT2D eigenvalue weighted by atomic mass is 9.68. The van der Waals surface area contributed by atoms with Gasteiger partial charge in [-0.2, -0.15) is 0 Å². The van der Waals surface area contributed by atoms with E-state index in [0.29, 0.717) is 0 Å². The Morgan fingerprint density at radius 3 is 1.38 bits per heavy atom. The van der Waals surface area contributed by atoms with E-state index in [1.807, 2.05) is 0 Å². The summed E-state index contributed by atoms with van der Waals surface area (Å²) in [6.07, 6.45) is 0. The number of hydrogen-bond donors (Lipinski definition) is 0. The van der Waals surface area contributed by atoms with Gasteiger partial charge in [0.1, 0.15) is 22.3 Å². The maximum atomic E-state index is 7.02. The highest BCUT2D eigenvalue weighted by Crippen LogP contribution is 2.70. The van der Waals surface area contributed by atoms with E-state index in [0.717, 1.165) is 61.3 Å². The minimum atomic E-state index is -0.669. The fraction of sp³-hybridized carbons (Fsp3) is 0.0562. The molecule has 0 unspecified atom stereocenters. The highest BCUT2D eigenvalue weighted by Gasteiger charge is 2.57. The second-order valence-electron chi connectivity index (χ2n) is 26.4. The van der Waals surface area contributed by atoms with Crippen LogP contribution in [0.3, 0.4) is 0 Å². The average molecular weight is 1170 g/mol. The molecule has 0 radical (unpaired) electrons. The van der Waals surface area contributed by atoms with Crippen molar-refractivity contribution in [2.24, 2.45) is 0 Å². The molecule has 5 aliphatic carbocycles. The van der Waals surface area contributed by atoms with E-state index in [9.17, 15) is 0 Å². The minimum absolute atomic E-state index is 0.382. The normalized spacial score (nSPS) is 14.7. The second kappa shape index (κ2) is 17.9. The number of hydrogen-bond acceptors (Lipinski definition) is 3. The first-order valence-corrected chi connectivity index (χ1v) is 32.2. The van der Waals surface area contributed by atoms with Crippen LogP contribution in [0.4, 0.5) is 17.1 Å². The molecule has 0 amide bonds. The van der Waals surface area contributed by atoms with Crippen molar-refractivity contribution in [3.05, 3.63) is 353 Å². The van der Waals surface area contributed by atoms with Crippen LogP contribution < -0.4 is 4.90 Å². The van der Waals surface area contributed by atoms with E-state index < -0.39 is 10.8 Å². The zero-order valence-corrected chi connectivity index (χ0v) is 50.6. The van der Waals surface area contributed by atoms with Gasteiger partial charge in [-0.1, -0.05) is 232 Å². The van der Waals surface area contributed by atoms with Gasteiger partial charge in [0.15, 0.2) is 0 Å². The summed E-state index contributed by atoms with van der Waals surface area (Å²) in [5.74, 6) is 0. The van der Waals surface area contributed by atoms with Crippen LogP contribution in [-0.4, -0.2) is 0 Å². The molecule has 0 fully saturated rings. The average Bonchev–Trinajstić information content (AvgIpc) is 1.49. The quantitative estimate of drug-likeness (QED) is 0.172. The third-order valence-electron chi connectivity index (χ3n) is 21.9. The summed E-state index contributed by atoms with van der Waals surface area (Å²) >= 11 is 0. The number of fused-ring (bicyclic) bond motifs is 31. The summed E-state index contributed by atoms with van der Waals surface area (Å²) in [5.41, 5.74) is 35.6. The van der Waals surface area contributed by atoms with E-state index in [-0.39, 0.29) is 5.41 Å². The third kappa shape index (κ3) is 6.21. The molecule has 3 nitrogen and oxygen atoms in total. The summed E-state index contributed by atoms with van der Waals surface area (Å²) in [6.45, 7) is 4.83. The Balaban J connectivity index is 0.802. The zero-order chi connectivity index (χ0) is 60.3. The van der Waals surface area contributed by atoms with Crippen molar-refractivity contribution in [3.8, 4) is 77.9 Å². The molecule has 0 N–H and O–H groups in total. The van der Waals surface area contributed by atoms with Crippen LogP contribution in [0.1, 0.15) is 69.5 Å². The smallest absolute Gasteiger partial charge is 0.143 e. The summed E-state index contributed by atoms with van der Waals surface area (Å²) in [5, 5.41) is 4.61. The number of rotatable bonds is 5. The molecule has 0 aliphatic heterocycles. The summed E-state index contributed by atoms with van der Waals surface area (Å²) in [4.78, 5) is 2.50. The van der Waals surface area contributed by atoms with Gasteiger partial charge in [-0.05, 0) is 207 Å². The van der Waals surface area contributed by atoms with Crippen molar-refractivity contribution >= 4 is 60.9 Å². The minimum Gasteiger partial charge on any atom is -0.456 e. The summed E-state index contributed by atoms with van der Waals surface area (Å²) < 4.78 is 13.9. The molecule has 0 saturated carbocycles. The van der Waals surface area contributed by atoms with Crippen LogP contribution in [-0.2, 0) is 16.2 Å². The Morgan fingerprint density at radius 2 is 0.717 bits per heavy atom. The number of benzene rings is 14. The van der Waals surface area contributed by atoms with Crippen LogP contribution in [0, 0.1) is 0 Å². The molecule has 21 rings (SSSR count). The highest BCUT2D eigenvalue weighted by atomic mass is 16.3. The Hall–Kier alpha value is -11.5. The number of nitrogens with zero attached hydrogens (tertiary/aromatic N) is 1. The second-order valence-corrected chi connectivity index (χ2v) is 26.4. The number of anilines is 3. The van der Waals surface area contributed by atoms with Crippen LogP contribution >= 0.6 is 0 Å². The van der Waals surface area contributed by atoms with Crippen molar-refractivity contribution in [2.45, 2.75) is 30.1 Å². The lowest BCUT2D eigenvalue weighted by molar-refractivity contribution is 0.657. The van der Waals surface area contributed by atoms with Crippen LogP contribution in [0.5, 0.6) is 0 Å². The van der Waals surface area contributed by atoms with E-state index in [1.54, 1.807) is 0 Å². The SMILES string of the molecule is CC1(C)c2cc(N(c3ccccc3)c3ccc4c(c3)C3(c5ccccc5-c5ccccc53)c3cc5c(cc3-4)C3(c4ccccc4-c4ccccc43)c3ccc4oc6ccccc6c4c3-5)ccc2-c2c1cc(-c1cccc(-c3ccccc3)c1)c1oc3ccccc3c21. The molecular formula is C89H55NO2. The number of furan rings is 2. The van der Waals surface area contributed by atoms with Gasteiger partial charge in [0.25, 0.3) is 0 Å². The van der Waals surface area contributed by atoms with Gasteiger partial charge in [0.2, 0.25) is 0 Å². The molecule has 2 spiro atoms. The predicted molar refractivity (Wildman–Crippen MR) is 377 cm³/mol. The molecule has 3 heteroatoms. The first-order valence-electron chi connectivity index (χ1n) is 32.2. The van der Waals surface area contributed by atoms with Crippen molar-refractivity contribution in [3.63, 3.8) is 0 Å². The fourth-order valence-electron chi connectivity index (χ4n) is 18.2. The standard InChI is InChI=1S/C89H55NO2/c1-87(2)74-47-56(41-43-63(74)82-78(87)49-66(86-85(82)65-33-14-20-39-80(65)92-86)54-25-21-24-53(46-54)52-22-5-3-6-23-52)90(55-26-7-4-8-27-55)57-40-42-62-67-50-77-68(51-76(67)89(75(62)48-57)71-36-17-11-30-60(71)61-31-12-18-37-72(61)89)83-73(44-45-81-84(83)64-32-13-19-38-79(64)91-81)88(77)69-34-15-9-28-58(69)59-29-10-16-35-70(59)88/h3-51H,1-2H3. The van der Waals surface area contributed by atoms with Crippen LogP contribution in [0.25, 0.3) is 122 Å². The van der Waals surface area contributed by atoms with Gasteiger partial charge < -0.3 is 13.7 Å². The van der Waals surface area contributed by atoms with E-state index >= 15 is 0 Å². The molecule has 0 saturated heterocycles. The fourth-order valence-corrected chi connectivity index (χ4v) is 18.2. The topological polar surface area (TPSA) is 29.5 Å². The summed E-state index contributed by atoms with van der Waals surface area (Å²) in [6, 6.07) is 112. The van der Waals surface area contributed by atoms with Gasteiger partial charge in [0, 0.05) is 49.6 Å². The molecule has 0 atom stereocenters. The van der Waals surface area contributed by atoms with Gasteiger partial charge in [0.05, 0.1) is 10.8 Å². The van der Waals surface area contributed by atoms with E-state index in [2.05, 4.69) is 316 Å². The Labute approximate surface area is 532 Å². The third-order valence-corrected chi connectivity index (χ3v) is 21.9. The van der Waals surface area contributed by atoms with Crippen molar-refractivity contribution in [1.82, 2.24) is 0 Å². The zero-order valence-electron chi connectivity index (χ0n) is 50.6. The first-order chi connectivity index (χ1) is 45.4. The molecule has 16 aromatic rings. The van der Waals surface area contributed by atoms with Crippen molar-refractivity contribution < 1.29 is 8.83 Å². The lowest BCUT2D eigenvalue weighted by Gasteiger charge is -2.33. The van der Waals surface area contributed by atoms with E-state index in [1.165, 1.54) is 133 Å². The Morgan fingerprint density at radius 1 is 0.250 bits per heavy atom. The molecule has 5 aliphatic rings. The molecule has 14 aromatic carbocycles. The molecule has 92 heavy (non-hydrogen) atoms. The molecule has 2 aromatic heterocycles. The van der Waals surface area contributed by atoms with Gasteiger partial charge in [-0.3, -0.25) is 0 Å². The largest absolute Gasteiger partial charge is 0.456 e. The lowest BCUT2D eigenvalue weighted by Crippen LogP contribution is -2.27. The maximum Gasteiger partial charge on any atom is 0.143 e. The Bertz CT molecular complexity index is 5840. The molecule has 2 heterocycles. The number of para-hydroxylation sites is 3. The highest BCUT2D eigenvalue weighted by molar-refractivity contribution is 6.20. The molecule has 0 bridgehead atoms. The van der Waals surface area contributed by atoms with Crippen molar-refractivity contribution in [1.29, 1.82) is 0 Å². The summed E-state index contributed by atoms with van der Waals surface area (Å²) in [7, 11) is 0. The molecule has 428 valence electrons. The van der Waals surface area contributed by atoms with Gasteiger partial charge in [-0.25, -0.2) is 0 Å². The van der Waals surface area contributed by atoms with Gasteiger partial charge >= 0.3 is 0 Å². The van der Waals surface area contributed by atoms with Crippen LogP contribution in [0.2, 0.25) is 0 Å². The Kier molecular flexibility index (Phi) is 9.78. The maximum absolute atomic E-state index is 7.02. The van der Waals surface area contributed by atoms with Crippen molar-refractivity contribution in [2.75, 3.05) is 4.90 Å². The van der Waals surface area contributed by atoms with Gasteiger partial charge in [-0.15, -0.1) is 0 Å². The predicted octanol–water partition coefficient (Wildman–Crippen LogP) is 23.3.